The maximum Gasteiger partial charge on any atom is 0.329 e. The Kier molecular flexibility index (Phi) is 6.15. The summed E-state index contributed by atoms with van der Waals surface area (Å²) in [5, 5.41) is 4.81. The normalized spacial score (nSPS) is 16.9. The van der Waals surface area contributed by atoms with Gasteiger partial charge in [-0.2, -0.15) is 4.98 Å². The van der Waals surface area contributed by atoms with Gasteiger partial charge < -0.3 is 10.1 Å². The van der Waals surface area contributed by atoms with Crippen molar-refractivity contribution in [3.63, 3.8) is 0 Å². The number of carbonyl (C=O) groups is 2. The molecular weight excluding hydrogens is 438 g/mol. The molecule has 4 rings (SSSR count). The van der Waals surface area contributed by atoms with E-state index < -0.39 is 12.0 Å². The number of aromatic nitrogens is 3. The minimum absolute atomic E-state index is 0.112. The molecule has 1 N–H and O–H groups in total. The minimum Gasteiger partial charge on any atom is -0.467 e. The summed E-state index contributed by atoms with van der Waals surface area (Å²) in [4.78, 5) is 40.0. The molecule has 1 aromatic carbocycles. The molecule has 3 heterocycles. The summed E-state index contributed by atoms with van der Waals surface area (Å²) < 4.78 is 4.83. The topological polar surface area (TPSA) is 97.3 Å². The molecule has 1 fully saturated rings. The Morgan fingerprint density at radius 1 is 1.29 bits per heavy atom. The second-order valence-electron chi connectivity index (χ2n) is 7.02. The molecule has 1 saturated heterocycles. The molecular formula is C21H20ClN5O3S. The van der Waals surface area contributed by atoms with Crippen LogP contribution in [0.15, 0.2) is 42.7 Å². The molecule has 160 valence electrons. The summed E-state index contributed by atoms with van der Waals surface area (Å²) in [5.41, 5.74) is 0.993. The summed E-state index contributed by atoms with van der Waals surface area (Å²) in [7, 11) is 1.31. The molecule has 0 bridgehead atoms. The lowest BCUT2D eigenvalue weighted by Gasteiger charge is -2.22. The molecule has 1 aliphatic heterocycles. The van der Waals surface area contributed by atoms with Crippen molar-refractivity contribution >= 4 is 46.6 Å². The standard InChI is InChI=1S/C21H20ClN5O3S/c1-12(16-11-24-19(31-16)13-3-5-14(22)6-4-13)25-21-23-10-9-17(26-21)27-15(20(29)30-2)7-8-18(27)28/h3-6,9-12,15H,7-8H2,1-2H3,(H,23,25,26)/t12-,15-/m1/s1. The van der Waals surface area contributed by atoms with Crippen molar-refractivity contribution < 1.29 is 14.3 Å². The largest absolute Gasteiger partial charge is 0.467 e. The molecule has 2 atom stereocenters. The van der Waals surface area contributed by atoms with Crippen LogP contribution in [0.1, 0.15) is 30.7 Å². The maximum atomic E-state index is 12.3. The van der Waals surface area contributed by atoms with Gasteiger partial charge in [-0.25, -0.2) is 14.8 Å². The van der Waals surface area contributed by atoms with Crippen LogP contribution < -0.4 is 10.2 Å². The highest BCUT2D eigenvalue weighted by Crippen LogP contribution is 2.31. The van der Waals surface area contributed by atoms with Crippen molar-refractivity contribution in [2.24, 2.45) is 0 Å². The zero-order chi connectivity index (χ0) is 22.0. The average Bonchev–Trinajstić information content (AvgIpc) is 3.41. The lowest BCUT2D eigenvalue weighted by atomic mass is 10.2. The van der Waals surface area contributed by atoms with Gasteiger partial charge in [0, 0.05) is 34.3 Å². The number of ether oxygens (including phenoxy) is 1. The zero-order valence-corrected chi connectivity index (χ0v) is 18.5. The van der Waals surface area contributed by atoms with Crippen LogP contribution in [0.5, 0.6) is 0 Å². The van der Waals surface area contributed by atoms with Crippen molar-refractivity contribution in [2.45, 2.75) is 31.8 Å². The van der Waals surface area contributed by atoms with Crippen molar-refractivity contribution in [3.8, 4) is 10.6 Å². The Morgan fingerprint density at radius 3 is 2.81 bits per heavy atom. The van der Waals surface area contributed by atoms with E-state index in [-0.39, 0.29) is 18.4 Å². The van der Waals surface area contributed by atoms with Crippen LogP contribution in [0, 0.1) is 0 Å². The molecule has 8 nitrogen and oxygen atoms in total. The van der Waals surface area contributed by atoms with E-state index in [2.05, 4.69) is 20.3 Å². The van der Waals surface area contributed by atoms with Crippen LogP contribution in [0.3, 0.4) is 0 Å². The van der Waals surface area contributed by atoms with Gasteiger partial charge in [-0.15, -0.1) is 11.3 Å². The average molecular weight is 458 g/mol. The minimum atomic E-state index is -0.666. The molecule has 31 heavy (non-hydrogen) atoms. The maximum absolute atomic E-state index is 12.3. The van der Waals surface area contributed by atoms with Crippen LogP contribution in [0.4, 0.5) is 11.8 Å². The molecule has 1 aliphatic rings. The molecule has 0 aliphatic carbocycles. The zero-order valence-electron chi connectivity index (χ0n) is 16.9. The van der Waals surface area contributed by atoms with Gasteiger partial charge in [-0.3, -0.25) is 9.69 Å². The summed E-state index contributed by atoms with van der Waals surface area (Å²) in [5.74, 6) is 0.110. The molecule has 3 aromatic rings. The predicted octanol–water partition coefficient (Wildman–Crippen LogP) is 4.10. The highest BCUT2D eigenvalue weighted by atomic mass is 35.5. The number of anilines is 2. The number of rotatable bonds is 6. The first-order chi connectivity index (χ1) is 15.0. The molecule has 0 radical (unpaired) electrons. The Labute approximate surface area is 188 Å². The first kappa shape index (κ1) is 21.2. The fraction of sp³-hybridized carbons (Fsp3) is 0.286. The number of carbonyl (C=O) groups excluding carboxylic acids is 2. The Morgan fingerprint density at radius 2 is 2.06 bits per heavy atom. The number of benzene rings is 1. The van der Waals surface area contributed by atoms with Gasteiger partial charge in [0.2, 0.25) is 11.9 Å². The Balaban J connectivity index is 1.51. The second-order valence-corrected chi connectivity index (χ2v) is 8.52. The summed E-state index contributed by atoms with van der Waals surface area (Å²) in [6, 6.07) is 8.36. The van der Waals surface area contributed by atoms with E-state index in [4.69, 9.17) is 16.3 Å². The SMILES string of the molecule is COC(=O)[C@H]1CCC(=O)N1c1ccnc(N[C@H](C)c2cnc(-c3ccc(Cl)cc3)s2)n1. The third-order valence-corrected chi connectivity index (χ3v) is 6.44. The molecule has 0 spiro atoms. The number of nitrogens with one attached hydrogen (secondary N) is 1. The first-order valence-corrected chi connectivity index (χ1v) is 10.9. The number of hydrogen-bond donors (Lipinski definition) is 1. The van der Waals surface area contributed by atoms with Crippen molar-refractivity contribution in [2.75, 3.05) is 17.3 Å². The lowest BCUT2D eigenvalue weighted by molar-refractivity contribution is -0.142. The van der Waals surface area contributed by atoms with E-state index in [1.807, 2.05) is 37.4 Å². The van der Waals surface area contributed by atoms with Gasteiger partial charge in [-0.05, 0) is 31.5 Å². The van der Waals surface area contributed by atoms with E-state index >= 15 is 0 Å². The Bertz CT molecular complexity index is 1100. The number of hydrogen-bond acceptors (Lipinski definition) is 8. The number of nitrogens with zero attached hydrogens (tertiary/aromatic N) is 4. The van der Waals surface area contributed by atoms with Crippen LogP contribution >= 0.6 is 22.9 Å². The molecule has 0 saturated carbocycles. The second kappa shape index (κ2) is 8.99. The number of amides is 1. The van der Waals surface area contributed by atoms with Gasteiger partial charge in [0.15, 0.2) is 0 Å². The van der Waals surface area contributed by atoms with Crippen LogP contribution in [-0.4, -0.2) is 40.0 Å². The molecule has 10 heteroatoms. The van der Waals surface area contributed by atoms with Gasteiger partial charge in [0.25, 0.3) is 0 Å². The lowest BCUT2D eigenvalue weighted by Crippen LogP contribution is -2.40. The van der Waals surface area contributed by atoms with Crippen molar-refractivity contribution in [1.29, 1.82) is 0 Å². The van der Waals surface area contributed by atoms with E-state index in [1.54, 1.807) is 23.6 Å². The number of halogens is 1. The number of thiazole rings is 1. The van der Waals surface area contributed by atoms with Crippen molar-refractivity contribution in [3.05, 3.63) is 52.6 Å². The summed E-state index contributed by atoms with van der Waals surface area (Å²) >= 11 is 7.52. The van der Waals surface area contributed by atoms with Crippen LogP contribution in [0.25, 0.3) is 10.6 Å². The highest BCUT2D eigenvalue weighted by molar-refractivity contribution is 7.15. The highest BCUT2D eigenvalue weighted by Gasteiger charge is 2.38. The summed E-state index contributed by atoms with van der Waals surface area (Å²) in [6.45, 7) is 1.98. The van der Waals surface area contributed by atoms with Crippen LogP contribution in [0.2, 0.25) is 5.02 Å². The number of esters is 1. The smallest absolute Gasteiger partial charge is 0.329 e. The van der Waals surface area contributed by atoms with Gasteiger partial charge in [0.1, 0.15) is 16.9 Å². The first-order valence-electron chi connectivity index (χ1n) is 9.67. The van der Waals surface area contributed by atoms with E-state index in [0.29, 0.717) is 23.2 Å². The third-order valence-electron chi connectivity index (χ3n) is 4.96. The predicted molar refractivity (Wildman–Crippen MR) is 119 cm³/mol. The van der Waals surface area contributed by atoms with E-state index in [9.17, 15) is 9.59 Å². The van der Waals surface area contributed by atoms with E-state index in [0.717, 1.165) is 15.4 Å². The monoisotopic (exact) mass is 457 g/mol. The molecule has 1 amide bonds. The summed E-state index contributed by atoms with van der Waals surface area (Å²) in [6.07, 6.45) is 4.05. The number of methoxy groups -OCH3 is 1. The van der Waals surface area contributed by atoms with E-state index in [1.165, 1.54) is 12.0 Å². The van der Waals surface area contributed by atoms with Gasteiger partial charge >= 0.3 is 5.97 Å². The van der Waals surface area contributed by atoms with Crippen molar-refractivity contribution in [1.82, 2.24) is 15.0 Å². The fourth-order valence-corrected chi connectivity index (χ4v) is 4.41. The Hall–Kier alpha value is -3.04. The molecule has 0 unspecified atom stereocenters. The van der Waals surface area contributed by atoms with Crippen LogP contribution in [-0.2, 0) is 14.3 Å². The fourth-order valence-electron chi connectivity index (χ4n) is 3.36. The quantitative estimate of drug-likeness (QED) is 0.556. The third kappa shape index (κ3) is 4.52. The van der Waals surface area contributed by atoms with Gasteiger partial charge in [0.05, 0.1) is 13.2 Å². The molecule has 2 aromatic heterocycles. The van der Waals surface area contributed by atoms with Gasteiger partial charge in [-0.1, -0.05) is 23.7 Å².